The number of ether oxygens (including phenoxy) is 2. The summed E-state index contributed by atoms with van der Waals surface area (Å²) in [6.07, 6.45) is -7.90. The summed E-state index contributed by atoms with van der Waals surface area (Å²) in [5.74, 6) is 0.519. The van der Waals surface area contributed by atoms with Crippen LogP contribution >= 0.6 is 22.6 Å². The molecule has 2 aromatic rings. The molecule has 0 saturated heterocycles. The minimum absolute atomic E-state index is 0.106. The van der Waals surface area contributed by atoms with E-state index >= 15 is 0 Å². The van der Waals surface area contributed by atoms with Gasteiger partial charge in [-0.3, -0.25) is 4.90 Å². The summed E-state index contributed by atoms with van der Waals surface area (Å²) >= 11 is 2.03. The highest BCUT2D eigenvalue weighted by molar-refractivity contribution is 14.1. The number of aliphatic imine (C=N–C) groups is 1. The van der Waals surface area contributed by atoms with E-state index < -0.39 is 35.6 Å². The number of rotatable bonds is 6. The van der Waals surface area contributed by atoms with Crippen molar-refractivity contribution in [1.29, 1.82) is 0 Å². The summed E-state index contributed by atoms with van der Waals surface area (Å²) in [7, 11) is 1.44. The standard InChI is InChI=1S/C27H28F6IN5O3/c1-4-19-11-20(23-21(6-7-22(37-23)41-3)39(19)25(40)42-5-2)36-24-35-12-18(34)14-38(24)13-15-8-16(26(28,29)30)10-17(9-15)27(31,32)33/h6-10,12,19-20H,4-5,11,13-14H2,1-3H3,(H,35,36)/t19-,20-/m0/s1. The number of carbonyl (C=O) groups is 1. The van der Waals surface area contributed by atoms with Crippen molar-refractivity contribution in [2.75, 3.05) is 25.2 Å². The smallest absolute Gasteiger partial charge is 0.416 e. The first-order chi connectivity index (χ1) is 19.7. The van der Waals surface area contributed by atoms with E-state index in [1.54, 1.807) is 30.2 Å². The maximum atomic E-state index is 13.5. The van der Waals surface area contributed by atoms with Crippen molar-refractivity contribution in [3.05, 3.63) is 62.5 Å². The molecule has 2 aliphatic heterocycles. The van der Waals surface area contributed by atoms with Crippen molar-refractivity contribution in [3.63, 3.8) is 0 Å². The fraction of sp³-hybridized carbons (Fsp3) is 0.444. The van der Waals surface area contributed by atoms with E-state index in [1.807, 2.05) is 29.5 Å². The molecule has 0 unspecified atom stereocenters. The van der Waals surface area contributed by atoms with Crippen molar-refractivity contribution in [1.82, 2.24) is 15.2 Å². The Morgan fingerprint density at radius 3 is 2.36 bits per heavy atom. The van der Waals surface area contributed by atoms with Gasteiger partial charge in [0.05, 0.1) is 42.8 Å². The number of aromatic nitrogens is 1. The van der Waals surface area contributed by atoms with Crippen LogP contribution in [0.5, 0.6) is 5.88 Å². The van der Waals surface area contributed by atoms with Crippen LogP contribution in [0.2, 0.25) is 0 Å². The summed E-state index contributed by atoms with van der Waals surface area (Å²) in [6, 6.07) is 3.89. The monoisotopic (exact) mass is 711 g/mol. The molecule has 1 aromatic heterocycles. The van der Waals surface area contributed by atoms with E-state index in [4.69, 9.17) is 14.5 Å². The second kappa shape index (κ2) is 12.6. The first-order valence-electron chi connectivity index (χ1n) is 13.0. The number of halogens is 7. The lowest BCUT2D eigenvalue weighted by atomic mass is 9.94. The molecule has 1 aromatic carbocycles. The predicted octanol–water partition coefficient (Wildman–Crippen LogP) is 7.05. The maximum absolute atomic E-state index is 13.5. The van der Waals surface area contributed by atoms with E-state index in [0.29, 0.717) is 36.4 Å². The number of fused-ring (bicyclic) bond motifs is 1. The molecular formula is C27H28F6IN5O3. The first-order valence-corrected chi connectivity index (χ1v) is 14.1. The summed E-state index contributed by atoms with van der Waals surface area (Å²) in [6.45, 7) is 3.69. The van der Waals surface area contributed by atoms with Crippen molar-refractivity contribution in [3.8, 4) is 5.88 Å². The number of hydrogen-bond acceptors (Lipinski definition) is 5. The second-order valence-electron chi connectivity index (χ2n) is 9.60. The largest absolute Gasteiger partial charge is 0.481 e. The molecule has 8 nitrogen and oxygen atoms in total. The minimum atomic E-state index is -4.96. The Morgan fingerprint density at radius 2 is 1.79 bits per heavy atom. The van der Waals surface area contributed by atoms with E-state index in [0.717, 1.165) is 3.58 Å². The predicted molar refractivity (Wildman–Crippen MR) is 151 cm³/mol. The van der Waals surface area contributed by atoms with Gasteiger partial charge in [0.25, 0.3) is 0 Å². The number of carbonyl (C=O) groups excluding carboxylic acids is 1. The molecule has 2 aliphatic rings. The lowest BCUT2D eigenvalue weighted by molar-refractivity contribution is -0.143. The van der Waals surface area contributed by atoms with E-state index in [9.17, 15) is 31.1 Å². The third-order valence-corrected chi connectivity index (χ3v) is 7.41. The molecule has 228 valence electrons. The number of methoxy groups -OCH3 is 1. The highest BCUT2D eigenvalue weighted by Crippen LogP contribution is 2.41. The van der Waals surface area contributed by atoms with Gasteiger partial charge in [-0.05, 0) is 72.2 Å². The number of nitrogens with one attached hydrogen (secondary N) is 1. The molecule has 0 spiro atoms. The zero-order chi connectivity index (χ0) is 30.8. The van der Waals surface area contributed by atoms with Gasteiger partial charge in [-0.2, -0.15) is 26.3 Å². The molecule has 0 radical (unpaired) electrons. The fourth-order valence-corrected chi connectivity index (χ4v) is 5.42. The number of hydrogen-bond donors (Lipinski definition) is 1. The van der Waals surface area contributed by atoms with Gasteiger partial charge in [0, 0.05) is 28.4 Å². The van der Waals surface area contributed by atoms with Gasteiger partial charge >= 0.3 is 18.4 Å². The number of anilines is 1. The average molecular weight is 711 g/mol. The number of benzene rings is 1. The molecule has 0 saturated carbocycles. The van der Waals surface area contributed by atoms with Crippen molar-refractivity contribution < 1.29 is 40.6 Å². The maximum Gasteiger partial charge on any atom is 0.416 e. The van der Waals surface area contributed by atoms with Crippen molar-refractivity contribution >= 4 is 40.3 Å². The molecule has 3 heterocycles. The van der Waals surface area contributed by atoms with Crippen LogP contribution in [0.25, 0.3) is 0 Å². The Balaban J connectivity index is 1.76. The van der Waals surface area contributed by atoms with Crippen LogP contribution < -0.4 is 15.0 Å². The molecule has 0 aliphatic carbocycles. The summed E-state index contributed by atoms with van der Waals surface area (Å²) in [4.78, 5) is 25.4. The number of nitrogens with zero attached hydrogens (tertiary/aromatic N) is 4. The van der Waals surface area contributed by atoms with Crippen LogP contribution in [0.1, 0.15) is 55.1 Å². The van der Waals surface area contributed by atoms with Crippen LogP contribution in [0.3, 0.4) is 0 Å². The Hall–Kier alpha value is -3.24. The summed E-state index contributed by atoms with van der Waals surface area (Å²) < 4.78 is 92.3. The van der Waals surface area contributed by atoms with Gasteiger partial charge in [-0.1, -0.05) is 6.92 Å². The van der Waals surface area contributed by atoms with Gasteiger partial charge in [0.1, 0.15) is 6.04 Å². The molecular weight excluding hydrogens is 683 g/mol. The number of pyridine rings is 1. The molecule has 1 N–H and O–H groups in total. The Kier molecular flexibility index (Phi) is 9.47. The highest BCUT2D eigenvalue weighted by atomic mass is 127. The molecule has 0 fully saturated rings. The quantitative estimate of drug-likeness (QED) is 0.256. The summed E-state index contributed by atoms with van der Waals surface area (Å²) in [5, 5.41) is 3.02. The Bertz CT molecular complexity index is 1350. The van der Waals surface area contributed by atoms with Gasteiger partial charge in [0.2, 0.25) is 5.88 Å². The SMILES string of the molecule is CCOC(=O)N1c2ccc(OC)nc2[C@@H](N=C2NC=C(I)CN2Cc2cc(C(F)(F)F)cc(C(F)(F)F)c2)C[C@@H]1CC. The van der Waals surface area contributed by atoms with Crippen molar-refractivity contribution in [2.24, 2.45) is 4.99 Å². The first kappa shape index (κ1) is 31.7. The van der Waals surface area contributed by atoms with Crippen LogP contribution in [0.15, 0.2) is 45.1 Å². The van der Waals surface area contributed by atoms with Gasteiger partial charge in [-0.15, -0.1) is 0 Å². The molecule has 0 bridgehead atoms. The van der Waals surface area contributed by atoms with Gasteiger partial charge in [0.15, 0.2) is 5.96 Å². The second-order valence-corrected chi connectivity index (χ2v) is 11.0. The lowest BCUT2D eigenvalue weighted by Crippen LogP contribution is -2.46. The third kappa shape index (κ3) is 7.03. The topological polar surface area (TPSA) is 79.3 Å². The van der Waals surface area contributed by atoms with Crippen LogP contribution in [0.4, 0.5) is 36.8 Å². The van der Waals surface area contributed by atoms with Gasteiger partial charge in [-0.25, -0.2) is 14.8 Å². The molecule has 4 rings (SSSR count). The van der Waals surface area contributed by atoms with E-state index in [-0.39, 0.29) is 49.2 Å². The Labute approximate surface area is 251 Å². The van der Waals surface area contributed by atoms with Crippen molar-refractivity contribution in [2.45, 2.75) is 57.7 Å². The zero-order valence-electron chi connectivity index (χ0n) is 22.8. The van der Waals surface area contributed by atoms with Crippen LogP contribution in [-0.2, 0) is 23.6 Å². The highest BCUT2D eigenvalue weighted by Gasteiger charge is 2.39. The summed E-state index contributed by atoms with van der Waals surface area (Å²) in [5.41, 5.74) is -2.06. The molecule has 42 heavy (non-hydrogen) atoms. The van der Waals surface area contributed by atoms with Gasteiger partial charge < -0.3 is 19.7 Å². The third-order valence-electron chi connectivity index (χ3n) is 6.76. The van der Waals surface area contributed by atoms with E-state index in [2.05, 4.69) is 10.3 Å². The number of amides is 1. The number of guanidine groups is 1. The van der Waals surface area contributed by atoms with Crippen LogP contribution in [0, 0.1) is 0 Å². The lowest BCUT2D eigenvalue weighted by Gasteiger charge is -2.39. The minimum Gasteiger partial charge on any atom is -0.481 e. The molecule has 1 amide bonds. The fourth-order valence-electron chi connectivity index (χ4n) is 4.85. The van der Waals surface area contributed by atoms with Crippen LogP contribution in [-0.4, -0.2) is 48.2 Å². The van der Waals surface area contributed by atoms with E-state index in [1.165, 1.54) is 12.0 Å². The zero-order valence-corrected chi connectivity index (χ0v) is 25.0. The molecule has 2 atom stereocenters. The average Bonchev–Trinajstić information content (AvgIpc) is 2.92. The number of alkyl halides is 6. The molecule has 15 heteroatoms. The Morgan fingerprint density at radius 1 is 1.12 bits per heavy atom. The normalized spacial score (nSPS) is 20.1.